The highest BCUT2D eigenvalue weighted by atomic mass is 19.4. The maximum atomic E-state index is 13.0. The molecule has 2 aliphatic rings. The molecule has 1 saturated heterocycles. The molecule has 1 spiro atoms. The normalized spacial score (nSPS) is 30.1. The molecule has 4 nitrogen and oxygen atoms in total. The van der Waals surface area contributed by atoms with Crippen molar-refractivity contribution in [2.75, 3.05) is 11.4 Å². The Kier molecular flexibility index (Phi) is 5.29. The molecule has 1 unspecified atom stereocenters. The number of carbonyl (C=O) groups excluding carboxylic acids is 1. The van der Waals surface area contributed by atoms with E-state index in [1.165, 1.54) is 24.3 Å². The number of aliphatic hydroxyl groups excluding tert-OH is 1. The second-order valence-corrected chi connectivity index (χ2v) is 8.00. The summed E-state index contributed by atoms with van der Waals surface area (Å²) in [6.07, 6.45) is -2.40. The fraction of sp³-hybridized carbons (Fsp3) is 0.650. The Hall–Kier alpha value is -1.60. The van der Waals surface area contributed by atoms with Gasteiger partial charge in [-0.05, 0) is 56.2 Å². The highest BCUT2D eigenvalue weighted by Crippen LogP contribution is 2.49. The van der Waals surface area contributed by atoms with E-state index in [0.717, 1.165) is 12.8 Å². The van der Waals surface area contributed by atoms with E-state index < -0.39 is 23.3 Å². The molecule has 1 aromatic carbocycles. The quantitative estimate of drug-likeness (QED) is 0.820. The van der Waals surface area contributed by atoms with Gasteiger partial charge in [-0.15, -0.1) is 0 Å². The molecule has 1 aromatic rings. The first-order valence-corrected chi connectivity index (χ1v) is 9.49. The van der Waals surface area contributed by atoms with Crippen molar-refractivity contribution in [2.45, 2.75) is 69.8 Å². The van der Waals surface area contributed by atoms with Gasteiger partial charge >= 0.3 is 6.18 Å². The van der Waals surface area contributed by atoms with Gasteiger partial charge in [-0.25, -0.2) is 0 Å². The first-order valence-electron chi connectivity index (χ1n) is 9.49. The summed E-state index contributed by atoms with van der Waals surface area (Å²) >= 11 is 0. The van der Waals surface area contributed by atoms with E-state index in [4.69, 9.17) is 0 Å². The SMILES string of the molecule is CCCC1(O)CCC2(CCN(c3ccc(C(O)C(F)(F)F)cc3)C2=O)CC1. The Balaban J connectivity index is 1.71. The lowest BCUT2D eigenvalue weighted by Crippen LogP contribution is -2.43. The molecule has 1 saturated carbocycles. The molecule has 0 bridgehead atoms. The van der Waals surface area contributed by atoms with E-state index in [9.17, 15) is 28.2 Å². The molecule has 1 amide bonds. The molecule has 0 aromatic heterocycles. The van der Waals surface area contributed by atoms with Gasteiger partial charge in [-0.2, -0.15) is 13.2 Å². The van der Waals surface area contributed by atoms with Crippen LogP contribution in [0, 0.1) is 5.41 Å². The van der Waals surface area contributed by atoms with Crippen LogP contribution in [-0.2, 0) is 4.79 Å². The molecule has 27 heavy (non-hydrogen) atoms. The third-order valence-corrected chi connectivity index (χ3v) is 6.20. The standard InChI is InChI=1S/C20H26F3NO3/c1-2-7-19(27)10-8-18(9-11-19)12-13-24(17(18)26)15-5-3-14(4-6-15)16(25)20(21,22)23/h3-6,16,25,27H,2,7-13H2,1H3. The molecule has 1 atom stereocenters. The fourth-order valence-corrected chi connectivity index (χ4v) is 4.47. The van der Waals surface area contributed by atoms with Crippen molar-refractivity contribution < 1.29 is 28.2 Å². The highest BCUT2D eigenvalue weighted by Gasteiger charge is 2.51. The minimum absolute atomic E-state index is 0.00910. The molecule has 1 heterocycles. The van der Waals surface area contributed by atoms with Crippen molar-refractivity contribution >= 4 is 11.6 Å². The van der Waals surface area contributed by atoms with E-state index in [-0.39, 0.29) is 11.5 Å². The monoisotopic (exact) mass is 385 g/mol. The van der Waals surface area contributed by atoms with Crippen LogP contribution in [0.15, 0.2) is 24.3 Å². The fourth-order valence-electron chi connectivity index (χ4n) is 4.47. The predicted molar refractivity (Wildman–Crippen MR) is 95.2 cm³/mol. The first kappa shape index (κ1) is 20.1. The molecule has 7 heteroatoms. The number of nitrogens with zero attached hydrogens (tertiary/aromatic N) is 1. The van der Waals surface area contributed by atoms with E-state index in [1.54, 1.807) is 4.90 Å². The molecule has 1 aliphatic heterocycles. The maximum absolute atomic E-state index is 13.0. The molecular weight excluding hydrogens is 359 g/mol. The largest absolute Gasteiger partial charge is 0.418 e. The Morgan fingerprint density at radius 1 is 1.11 bits per heavy atom. The number of rotatable bonds is 4. The van der Waals surface area contributed by atoms with E-state index in [2.05, 4.69) is 0 Å². The summed E-state index contributed by atoms with van der Waals surface area (Å²) in [5.41, 5.74) is -0.841. The Morgan fingerprint density at radius 2 is 1.70 bits per heavy atom. The van der Waals surface area contributed by atoms with Crippen molar-refractivity contribution in [2.24, 2.45) is 5.41 Å². The van der Waals surface area contributed by atoms with E-state index in [1.807, 2.05) is 6.92 Å². The average molecular weight is 385 g/mol. The number of anilines is 1. The molecule has 0 radical (unpaired) electrons. The number of benzene rings is 1. The van der Waals surface area contributed by atoms with Gasteiger partial charge in [-0.1, -0.05) is 25.5 Å². The molecular formula is C20H26F3NO3. The first-order chi connectivity index (χ1) is 12.6. The summed E-state index contributed by atoms with van der Waals surface area (Å²) in [5.74, 6) is -0.00910. The van der Waals surface area contributed by atoms with Crippen molar-refractivity contribution in [1.82, 2.24) is 0 Å². The Labute approximate surface area is 157 Å². The number of hydrogen-bond acceptors (Lipinski definition) is 3. The summed E-state index contributed by atoms with van der Waals surface area (Å²) in [4.78, 5) is 14.7. The number of amides is 1. The van der Waals surface area contributed by atoms with Gasteiger partial charge in [0.25, 0.3) is 0 Å². The van der Waals surface area contributed by atoms with Gasteiger partial charge in [0.2, 0.25) is 5.91 Å². The number of halogens is 3. The Morgan fingerprint density at radius 3 is 2.22 bits per heavy atom. The maximum Gasteiger partial charge on any atom is 0.418 e. The van der Waals surface area contributed by atoms with Crippen LogP contribution >= 0.6 is 0 Å². The van der Waals surface area contributed by atoms with Crippen molar-refractivity contribution in [1.29, 1.82) is 0 Å². The number of hydrogen-bond donors (Lipinski definition) is 2. The zero-order chi connectivity index (χ0) is 19.9. The summed E-state index contributed by atoms with van der Waals surface area (Å²) in [6, 6.07) is 5.34. The van der Waals surface area contributed by atoms with Crippen LogP contribution in [0.4, 0.5) is 18.9 Å². The van der Waals surface area contributed by atoms with Crippen molar-refractivity contribution in [3.05, 3.63) is 29.8 Å². The van der Waals surface area contributed by atoms with Gasteiger partial charge < -0.3 is 15.1 Å². The average Bonchev–Trinajstić information content (AvgIpc) is 2.94. The van der Waals surface area contributed by atoms with Crippen LogP contribution in [0.1, 0.15) is 63.5 Å². The molecule has 2 N–H and O–H groups in total. The van der Waals surface area contributed by atoms with Crippen LogP contribution < -0.4 is 4.90 Å². The van der Waals surface area contributed by atoms with Gasteiger partial charge in [0.1, 0.15) is 0 Å². The Bertz CT molecular complexity index is 679. The van der Waals surface area contributed by atoms with Crippen LogP contribution in [0.2, 0.25) is 0 Å². The summed E-state index contributed by atoms with van der Waals surface area (Å²) in [6.45, 7) is 2.55. The second-order valence-electron chi connectivity index (χ2n) is 8.00. The lowest BCUT2D eigenvalue weighted by Gasteiger charge is -2.41. The third kappa shape index (κ3) is 3.85. The van der Waals surface area contributed by atoms with Gasteiger partial charge in [0.15, 0.2) is 6.10 Å². The smallest absolute Gasteiger partial charge is 0.390 e. The zero-order valence-electron chi connectivity index (χ0n) is 15.4. The lowest BCUT2D eigenvalue weighted by atomic mass is 9.67. The van der Waals surface area contributed by atoms with Crippen molar-refractivity contribution in [3.63, 3.8) is 0 Å². The minimum atomic E-state index is -4.72. The molecule has 2 fully saturated rings. The van der Waals surface area contributed by atoms with Gasteiger partial charge in [0.05, 0.1) is 11.0 Å². The van der Waals surface area contributed by atoms with Crippen molar-refractivity contribution in [3.8, 4) is 0 Å². The zero-order valence-corrected chi connectivity index (χ0v) is 15.4. The summed E-state index contributed by atoms with van der Waals surface area (Å²) in [7, 11) is 0. The number of alkyl halides is 3. The number of carbonyl (C=O) groups is 1. The summed E-state index contributed by atoms with van der Waals surface area (Å²) < 4.78 is 37.9. The van der Waals surface area contributed by atoms with Crippen LogP contribution in [-0.4, -0.2) is 34.4 Å². The lowest BCUT2D eigenvalue weighted by molar-refractivity contribution is -0.206. The highest BCUT2D eigenvalue weighted by molar-refractivity contribution is 6.00. The summed E-state index contributed by atoms with van der Waals surface area (Å²) in [5, 5.41) is 19.9. The predicted octanol–water partition coefficient (Wildman–Crippen LogP) is 4.11. The minimum Gasteiger partial charge on any atom is -0.390 e. The van der Waals surface area contributed by atoms with Crippen LogP contribution in [0.3, 0.4) is 0 Å². The molecule has 1 aliphatic carbocycles. The molecule has 150 valence electrons. The van der Waals surface area contributed by atoms with E-state index in [0.29, 0.717) is 44.3 Å². The van der Waals surface area contributed by atoms with Crippen LogP contribution in [0.25, 0.3) is 0 Å². The van der Waals surface area contributed by atoms with Crippen LogP contribution in [0.5, 0.6) is 0 Å². The number of aliphatic hydroxyl groups is 2. The second kappa shape index (κ2) is 7.09. The van der Waals surface area contributed by atoms with Gasteiger partial charge in [0, 0.05) is 12.2 Å². The topological polar surface area (TPSA) is 60.8 Å². The third-order valence-electron chi connectivity index (χ3n) is 6.20. The van der Waals surface area contributed by atoms with E-state index >= 15 is 0 Å². The molecule has 3 rings (SSSR count). The van der Waals surface area contributed by atoms with Gasteiger partial charge in [-0.3, -0.25) is 4.79 Å².